The van der Waals surface area contributed by atoms with Crippen LogP contribution in [0.4, 0.5) is 0 Å². The molecule has 2 heteroatoms. The molecule has 0 saturated heterocycles. The van der Waals surface area contributed by atoms with Gasteiger partial charge < -0.3 is 5.32 Å². The maximum Gasteiger partial charge on any atom is 0.0346 e. The van der Waals surface area contributed by atoms with E-state index in [-0.39, 0.29) is 0 Å². The number of thiophene rings is 1. The van der Waals surface area contributed by atoms with Crippen LogP contribution in [0.1, 0.15) is 19.4 Å². The van der Waals surface area contributed by atoms with Crippen LogP contribution in [0.3, 0.4) is 0 Å². The van der Waals surface area contributed by atoms with Crippen molar-refractivity contribution in [2.24, 2.45) is 0 Å². The number of rotatable bonds is 3. The Hall–Kier alpha value is -0.860. The summed E-state index contributed by atoms with van der Waals surface area (Å²) in [5.74, 6) is 0. The van der Waals surface area contributed by atoms with Gasteiger partial charge in [0.25, 0.3) is 0 Å². The number of hydrogen-bond donors (Lipinski definition) is 1. The third-order valence-electron chi connectivity index (χ3n) is 2.26. The molecule has 0 radical (unpaired) electrons. The molecule has 0 aliphatic rings. The number of benzene rings is 1. The lowest BCUT2D eigenvalue weighted by Gasteiger charge is -2.06. The molecule has 0 fully saturated rings. The Balaban J connectivity index is 2.25. The Morgan fingerprint density at radius 3 is 2.86 bits per heavy atom. The highest BCUT2D eigenvalue weighted by molar-refractivity contribution is 7.17. The summed E-state index contributed by atoms with van der Waals surface area (Å²) in [5, 5.41) is 7.09. The molecule has 0 aliphatic heterocycles. The van der Waals surface area contributed by atoms with E-state index in [2.05, 4.69) is 48.8 Å². The zero-order valence-electron chi connectivity index (χ0n) is 8.58. The van der Waals surface area contributed by atoms with Crippen LogP contribution in [0, 0.1) is 0 Å². The van der Waals surface area contributed by atoms with Crippen LogP contribution in [0.25, 0.3) is 10.1 Å². The Labute approximate surface area is 88.8 Å². The average molecular weight is 205 g/mol. The molecule has 0 bridgehead atoms. The van der Waals surface area contributed by atoms with Gasteiger partial charge in [0, 0.05) is 17.3 Å². The molecule has 1 aromatic carbocycles. The van der Waals surface area contributed by atoms with Gasteiger partial charge >= 0.3 is 0 Å². The topological polar surface area (TPSA) is 12.0 Å². The third-order valence-corrected chi connectivity index (χ3v) is 3.27. The molecule has 1 N–H and O–H groups in total. The Morgan fingerprint density at radius 1 is 1.29 bits per heavy atom. The fraction of sp³-hybridized carbons (Fsp3) is 0.333. The van der Waals surface area contributed by atoms with Crippen LogP contribution in [-0.2, 0) is 6.54 Å². The molecule has 2 rings (SSSR count). The molecule has 14 heavy (non-hydrogen) atoms. The van der Waals surface area contributed by atoms with E-state index in [0.717, 1.165) is 6.54 Å². The zero-order chi connectivity index (χ0) is 9.97. The van der Waals surface area contributed by atoms with E-state index >= 15 is 0 Å². The molecule has 0 aliphatic carbocycles. The fourth-order valence-electron chi connectivity index (χ4n) is 1.48. The standard InChI is InChI=1S/C12H15NS/c1-9(2)13-7-10-8-14-12-6-4-3-5-11(10)12/h3-6,8-9,13H,7H2,1-2H3. The van der Waals surface area contributed by atoms with Crippen LogP contribution in [0.15, 0.2) is 29.6 Å². The van der Waals surface area contributed by atoms with E-state index in [1.807, 2.05) is 11.3 Å². The zero-order valence-corrected chi connectivity index (χ0v) is 9.40. The minimum Gasteiger partial charge on any atom is -0.310 e. The van der Waals surface area contributed by atoms with Crippen molar-refractivity contribution in [1.29, 1.82) is 0 Å². The number of hydrogen-bond acceptors (Lipinski definition) is 2. The van der Waals surface area contributed by atoms with Gasteiger partial charge in [-0.25, -0.2) is 0 Å². The summed E-state index contributed by atoms with van der Waals surface area (Å²) in [5.41, 5.74) is 1.42. The highest BCUT2D eigenvalue weighted by atomic mass is 32.1. The van der Waals surface area contributed by atoms with Crippen LogP contribution in [-0.4, -0.2) is 6.04 Å². The molecule has 0 atom stereocenters. The van der Waals surface area contributed by atoms with Gasteiger partial charge in [0.1, 0.15) is 0 Å². The normalized spacial score (nSPS) is 11.4. The Bertz CT molecular complexity index is 417. The molecular formula is C12H15NS. The maximum absolute atomic E-state index is 3.45. The lowest BCUT2D eigenvalue weighted by atomic mass is 10.2. The van der Waals surface area contributed by atoms with E-state index in [1.165, 1.54) is 15.6 Å². The lowest BCUT2D eigenvalue weighted by molar-refractivity contribution is 0.591. The molecule has 0 unspecified atom stereocenters. The summed E-state index contributed by atoms with van der Waals surface area (Å²) >= 11 is 1.83. The van der Waals surface area contributed by atoms with E-state index in [1.54, 1.807) is 0 Å². The van der Waals surface area contributed by atoms with Crippen molar-refractivity contribution in [1.82, 2.24) is 5.32 Å². The van der Waals surface area contributed by atoms with Gasteiger partial charge in [-0.1, -0.05) is 32.0 Å². The molecule has 1 heterocycles. The van der Waals surface area contributed by atoms with Gasteiger partial charge in [-0.3, -0.25) is 0 Å². The first kappa shape index (κ1) is 9.69. The summed E-state index contributed by atoms with van der Waals surface area (Å²) in [6, 6.07) is 9.13. The van der Waals surface area contributed by atoms with Crippen molar-refractivity contribution in [3.05, 3.63) is 35.2 Å². The van der Waals surface area contributed by atoms with Crippen LogP contribution in [0.2, 0.25) is 0 Å². The minimum atomic E-state index is 0.550. The van der Waals surface area contributed by atoms with Gasteiger partial charge in [-0.2, -0.15) is 0 Å². The van der Waals surface area contributed by atoms with Crippen LogP contribution >= 0.6 is 11.3 Å². The van der Waals surface area contributed by atoms with Crippen molar-refractivity contribution in [3.63, 3.8) is 0 Å². The fourth-order valence-corrected chi connectivity index (χ4v) is 2.45. The van der Waals surface area contributed by atoms with Gasteiger partial charge in [-0.15, -0.1) is 11.3 Å². The number of fused-ring (bicyclic) bond motifs is 1. The van der Waals surface area contributed by atoms with E-state index < -0.39 is 0 Å². The smallest absolute Gasteiger partial charge is 0.0346 e. The maximum atomic E-state index is 3.45. The second-order valence-electron chi connectivity index (χ2n) is 3.79. The first-order chi connectivity index (χ1) is 6.77. The first-order valence-corrected chi connectivity index (χ1v) is 5.84. The van der Waals surface area contributed by atoms with Crippen molar-refractivity contribution in [2.75, 3.05) is 0 Å². The van der Waals surface area contributed by atoms with Gasteiger partial charge in [0.15, 0.2) is 0 Å². The highest BCUT2D eigenvalue weighted by Gasteiger charge is 2.02. The molecule has 0 amide bonds. The minimum absolute atomic E-state index is 0.550. The van der Waals surface area contributed by atoms with Crippen molar-refractivity contribution in [3.8, 4) is 0 Å². The average Bonchev–Trinajstić information content (AvgIpc) is 2.58. The van der Waals surface area contributed by atoms with Crippen LogP contribution < -0.4 is 5.32 Å². The quantitative estimate of drug-likeness (QED) is 0.809. The summed E-state index contributed by atoms with van der Waals surface area (Å²) in [4.78, 5) is 0. The first-order valence-electron chi connectivity index (χ1n) is 4.96. The van der Waals surface area contributed by atoms with Crippen molar-refractivity contribution in [2.45, 2.75) is 26.4 Å². The van der Waals surface area contributed by atoms with Crippen molar-refractivity contribution >= 4 is 21.4 Å². The SMILES string of the molecule is CC(C)NCc1csc2ccccc12. The molecule has 0 saturated carbocycles. The second-order valence-corrected chi connectivity index (χ2v) is 4.70. The monoisotopic (exact) mass is 205 g/mol. The van der Waals surface area contributed by atoms with Crippen molar-refractivity contribution < 1.29 is 0 Å². The lowest BCUT2D eigenvalue weighted by Crippen LogP contribution is -2.21. The predicted molar refractivity (Wildman–Crippen MR) is 63.8 cm³/mol. The largest absolute Gasteiger partial charge is 0.310 e. The molecule has 1 aromatic heterocycles. The Morgan fingerprint density at radius 2 is 2.07 bits per heavy atom. The molecule has 2 aromatic rings. The summed E-state index contributed by atoms with van der Waals surface area (Å²) < 4.78 is 1.38. The molecule has 1 nitrogen and oxygen atoms in total. The highest BCUT2D eigenvalue weighted by Crippen LogP contribution is 2.25. The van der Waals surface area contributed by atoms with Gasteiger partial charge in [-0.05, 0) is 22.4 Å². The summed E-state index contributed by atoms with van der Waals surface area (Å²) in [6.45, 7) is 5.32. The number of nitrogens with one attached hydrogen (secondary N) is 1. The Kier molecular flexibility index (Phi) is 2.85. The van der Waals surface area contributed by atoms with E-state index in [9.17, 15) is 0 Å². The second kappa shape index (κ2) is 4.11. The van der Waals surface area contributed by atoms with Crippen LogP contribution in [0.5, 0.6) is 0 Å². The summed E-state index contributed by atoms with van der Waals surface area (Å²) in [7, 11) is 0. The predicted octanol–water partition coefficient (Wildman–Crippen LogP) is 3.40. The molecular weight excluding hydrogens is 190 g/mol. The molecule has 0 spiro atoms. The van der Waals surface area contributed by atoms with E-state index in [0.29, 0.717) is 6.04 Å². The van der Waals surface area contributed by atoms with E-state index in [4.69, 9.17) is 0 Å². The van der Waals surface area contributed by atoms with Gasteiger partial charge in [0.2, 0.25) is 0 Å². The molecule has 74 valence electrons. The van der Waals surface area contributed by atoms with Gasteiger partial charge in [0.05, 0.1) is 0 Å². The third kappa shape index (κ3) is 1.97. The summed E-state index contributed by atoms with van der Waals surface area (Å²) in [6.07, 6.45) is 0.